The molecule has 0 fully saturated rings. The van der Waals surface area contributed by atoms with Crippen LogP contribution in [0.2, 0.25) is 5.02 Å². The maximum atomic E-state index is 11.1. The van der Waals surface area contributed by atoms with Crippen LogP contribution in [0.25, 0.3) is 0 Å². The molecule has 0 aliphatic rings. The van der Waals surface area contributed by atoms with Gasteiger partial charge in [-0.1, -0.05) is 23.7 Å². The molecule has 0 aliphatic carbocycles. The van der Waals surface area contributed by atoms with E-state index in [1.54, 1.807) is 24.3 Å². The molecule has 0 amide bonds. The van der Waals surface area contributed by atoms with Crippen molar-refractivity contribution >= 4 is 29.3 Å². The Hall–Kier alpha value is -1.44. The molecule has 3 nitrogen and oxygen atoms in total. The van der Waals surface area contributed by atoms with E-state index in [1.165, 1.54) is 11.5 Å². The van der Waals surface area contributed by atoms with Crippen molar-refractivity contribution < 1.29 is 9.53 Å². The molecule has 1 rings (SSSR count). The van der Waals surface area contributed by atoms with Gasteiger partial charge in [-0.3, -0.25) is 0 Å². The number of thioether (sulfide) groups is 1. The van der Waals surface area contributed by atoms with Crippen LogP contribution in [0.5, 0.6) is 0 Å². The van der Waals surface area contributed by atoms with Gasteiger partial charge in [0, 0.05) is 11.1 Å². The molecular weight excluding hydrogens is 246 g/mol. The predicted octanol–water partition coefficient (Wildman–Crippen LogP) is 3.11. The third-order valence-corrected chi connectivity index (χ3v) is 2.25. The number of thiocyanates is 1. The van der Waals surface area contributed by atoms with Crippen molar-refractivity contribution in [3.63, 3.8) is 0 Å². The maximum Gasteiger partial charge on any atom is 0.331 e. The largest absolute Gasteiger partial charge is 0.458 e. The van der Waals surface area contributed by atoms with E-state index in [4.69, 9.17) is 21.6 Å². The first kappa shape index (κ1) is 12.6. The topological polar surface area (TPSA) is 50.1 Å². The zero-order valence-electron chi connectivity index (χ0n) is 8.22. The van der Waals surface area contributed by atoms with Gasteiger partial charge in [-0.2, -0.15) is 5.26 Å². The summed E-state index contributed by atoms with van der Waals surface area (Å²) in [6.45, 7) is 0.192. The van der Waals surface area contributed by atoms with Crippen molar-refractivity contribution in [1.29, 1.82) is 5.26 Å². The molecule has 0 radical (unpaired) electrons. The second kappa shape index (κ2) is 6.94. The summed E-state index contributed by atoms with van der Waals surface area (Å²) in [5, 5.41) is 12.0. The number of hydrogen-bond donors (Lipinski definition) is 0. The monoisotopic (exact) mass is 253 g/mol. The molecule has 0 saturated heterocycles. The number of hydrogen-bond acceptors (Lipinski definition) is 4. The lowest BCUT2D eigenvalue weighted by atomic mass is 10.2. The fourth-order valence-electron chi connectivity index (χ4n) is 0.903. The van der Waals surface area contributed by atoms with Crippen molar-refractivity contribution in [3.8, 4) is 5.40 Å². The van der Waals surface area contributed by atoms with Crippen LogP contribution in [0, 0.1) is 10.7 Å². The lowest BCUT2D eigenvalue weighted by Gasteiger charge is -2.01. The molecule has 0 spiro atoms. The van der Waals surface area contributed by atoms with Crippen LogP contribution in [-0.4, -0.2) is 5.97 Å². The number of carbonyl (C=O) groups excluding carboxylic acids is 1. The van der Waals surface area contributed by atoms with E-state index in [0.29, 0.717) is 5.02 Å². The minimum Gasteiger partial charge on any atom is -0.458 e. The van der Waals surface area contributed by atoms with Gasteiger partial charge in [-0.15, -0.1) is 0 Å². The summed E-state index contributed by atoms with van der Waals surface area (Å²) in [5.74, 6) is -0.474. The minimum atomic E-state index is -0.474. The Morgan fingerprint density at radius 1 is 1.50 bits per heavy atom. The molecular formula is C11H8ClNO2S. The molecule has 0 bridgehead atoms. The van der Waals surface area contributed by atoms with Crippen molar-refractivity contribution in [3.05, 3.63) is 46.3 Å². The zero-order valence-corrected chi connectivity index (χ0v) is 9.79. The second-order valence-corrected chi connectivity index (χ2v) is 3.87. The highest BCUT2D eigenvalue weighted by Gasteiger charge is 1.98. The quantitative estimate of drug-likeness (QED) is 0.470. The Balaban J connectivity index is 2.37. The molecule has 0 heterocycles. The van der Waals surface area contributed by atoms with Crippen LogP contribution in [-0.2, 0) is 16.1 Å². The summed E-state index contributed by atoms with van der Waals surface area (Å²) < 4.78 is 4.92. The predicted molar refractivity (Wildman–Crippen MR) is 63.6 cm³/mol. The first-order chi connectivity index (χ1) is 7.72. The molecule has 1 aromatic rings. The van der Waals surface area contributed by atoms with Gasteiger partial charge in [-0.25, -0.2) is 4.79 Å². The van der Waals surface area contributed by atoms with E-state index in [0.717, 1.165) is 17.3 Å². The average molecular weight is 254 g/mol. The number of nitriles is 1. The molecule has 0 saturated carbocycles. The normalized spacial score (nSPS) is 10.0. The molecule has 16 heavy (non-hydrogen) atoms. The van der Waals surface area contributed by atoms with Crippen molar-refractivity contribution in [2.75, 3.05) is 0 Å². The first-order valence-electron chi connectivity index (χ1n) is 4.35. The Morgan fingerprint density at radius 3 is 2.81 bits per heavy atom. The van der Waals surface area contributed by atoms with E-state index in [-0.39, 0.29) is 6.61 Å². The zero-order chi connectivity index (χ0) is 11.8. The third-order valence-electron chi connectivity index (χ3n) is 1.62. The third kappa shape index (κ3) is 4.87. The van der Waals surface area contributed by atoms with E-state index in [2.05, 4.69) is 0 Å². The van der Waals surface area contributed by atoms with Gasteiger partial charge in [0.05, 0.1) is 0 Å². The number of carbonyl (C=O) groups is 1. The standard InChI is InChI=1S/C11H8ClNO2S/c12-10-3-1-9(2-4-10)7-15-11(14)5-6-16-8-13/h1-6H,7H2/b6-5+. The van der Waals surface area contributed by atoms with Crippen LogP contribution >= 0.6 is 23.4 Å². The molecule has 0 aliphatic heterocycles. The summed E-state index contributed by atoms with van der Waals surface area (Å²) in [5.41, 5.74) is 0.860. The summed E-state index contributed by atoms with van der Waals surface area (Å²) in [4.78, 5) is 11.1. The highest BCUT2D eigenvalue weighted by molar-refractivity contribution is 8.06. The molecule has 0 atom stereocenters. The van der Waals surface area contributed by atoms with E-state index in [1.807, 2.05) is 5.40 Å². The number of benzene rings is 1. The van der Waals surface area contributed by atoms with Crippen molar-refractivity contribution in [2.45, 2.75) is 6.61 Å². The average Bonchev–Trinajstić information content (AvgIpc) is 2.29. The number of nitrogens with zero attached hydrogens (tertiary/aromatic N) is 1. The Bertz CT molecular complexity index is 423. The van der Waals surface area contributed by atoms with E-state index < -0.39 is 5.97 Å². The van der Waals surface area contributed by atoms with Gasteiger partial charge in [0.15, 0.2) is 0 Å². The van der Waals surface area contributed by atoms with Crippen molar-refractivity contribution in [1.82, 2.24) is 0 Å². The van der Waals surface area contributed by atoms with Gasteiger partial charge < -0.3 is 4.74 Å². The smallest absolute Gasteiger partial charge is 0.331 e. The van der Waals surface area contributed by atoms with E-state index >= 15 is 0 Å². The lowest BCUT2D eigenvalue weighted by Crippen LogP contribution is -2.00. The Labute approximate surface area is 103 Å². The SMILES string of the molecule is N#CS/C=C/C(=O)OCc1ccc(Cl)cc1. The van der Waals surface area contributed by atoms with Gasteiger partial charge in [0.25, 0.3) is 0 Å². The fourth-order valence-corrected chi connectivity index (χ4v) is 1.27. The second-order valence-electron chi connectivity index (χ2n) is 2.75. The van der Waals surface area contributed by atoms with Crippen LogP contribution < -0.4 is 0 Å². The Kier molecular flexibility index (Phi) is 5.48. The number of esters is 1. The van der Waals surface area contributed by atoms with E-state index in [9.17, 15) is 4.79 Å². The summed E-state index contributed by atoms with van der Waals surface area (Å²) in [6.07, 6.45) is 1.21. The first-order valence-corrected chi connectivity index (χ1v) is 5.60. The van der Waals surface area contributed by atoms with Crippen LogP contribution in [0.1, 0.15) is 5.56 Å². The summed E-state index contributed by atoms with van der Waals surface area (Å²) in [7, 11) is 0. The molecule has 5 heteroatoms. The van der Waals surface area contributed by atoms with Crippen LogP contribution in [0.15, 0.2) is 35.7 Å². The number of rotatable bonds is 4. The summed E-state index contributed by atoms with van der Waals surface area (Å²) >= 11 is 6.57. The van der Waals surface area contributed by atoms with Crippen LogP contribution in [0.4, 0.5) is 0 Å². The van der Waals surface area contributed by atoms with Gasteiger partial charge in [0.1, 0.15) is 12.0 Å². The fraction of sp³-hybridized carbons (Fsp3) is 0.0909. The molecule has 0 unspecified atom stereocenters. The molecule has 82 valence electrons. The highest BCUT2D eigenvalue weighted by Crippen LogP contribution is 2.10. The number of ether oxygens (including phenoxy) is 1. The minimum absolute atomic E-state index is 0.192. The molecule has 0 aromatic heterocycles. The van der Waals surface area contributed by atoms with Gasteiger partial charge >= 0.3 is 5.97 Å². The lowest BCUT2D eigenvalue weighted by molar-refractivity contribution is -0.138. The summed E-state index contributed by atoms with van der Waals surface area (Å²) in [6, 6.07) is 7.02. The molecule has 0 N–H and O–H groups in total. The van der Waals surface area contributed by atoms with Gasteiger partial charge in [-0.05, 0) is 34.9 Å². The maximum absolute atomic E-state index is 11.1. The molecule has 1 aromatic carbocycles. The number of halogens is 1. The highest BCUT2D eigenvalue weighted by atomic mass is 35.5. The van der Waals surface area contributed by atoms with Crippen molar-refractivity contribution in [2.24, 2.45) is 0 Å². The van der Waals surface area contributed by atoms with Gasteiger partial charge in [0.2, 0.25) is 0 Å². The van der Waals surface area contributed by atoms with Crippen LogP contribution in [0.3, 0.4) is 0 Å². The Morgan fingerprint density at radius 2 is 2.19 bits per heavy atom.